The number of halogens is 3. The van der Waals surface area contributed by atoms with Gasteiger partial charge in [-0.2, -0.15) is 0 Å². The van der Waals surface area contributed by atoms with E-state index < -0.39 is 0 Å². The van der Waals surface area contributed by atoms with Gasteiger partial charge in [0.05, 0.1) is 0 Å². The number of piperazine rings is 1. The molecule has 0 radical (unpaired) electrons. The van der Waals surface area contributed by atoms with Gasteiger partial charge in [-0.3, -0.25) is 4.99 Å². The summed E-state index contributed by atoms with van der Waals surface area (Å²) in [7, 11) is 1.75. The number of aromatic nitrogens is 1. The summed E-state index contributed by atoms with van der Waals surface area (Å²) < 4.78 is 0. The van der Waals surface area contributed by atoms with Crippen molar-refractivity contribution in [2.75, 3.05) is 44.7 Å². The number of hydrogen-bond donors (Lipinski definition) is 2. The van der Waals surface area contributed by atoms with Crippen LogP contribution in [-0.2, 0) is 13.1 Å². The number of nitrogens with one attached hydrogen (secondary N) is 2. The fourth-order valence-electron chi connectivity index (χ4n) is 3.29. The predicted octanol–water partition coefficient (Wildman–Crippen LogP) is 4.01. The molecule has 9 heteroatoms. The summed E-state index contributed by atoms with van der Waals surface area (Å²) >= 11 is 12.2. The summed E-state index contributed by atoms with van der Waals surface area (Å²) in [6.07, 6.45) is 1.88. The van der Waals surface area contributed by atoms with Crippen LogP contribution in [0.3, 0.4) is 0 Å². The fourth-order valence-corrected chi connectivity index (χ4v) is 3.76. The number of hydrogen-bond acceptors (Lipinski definition) is 4. The Balaban J connectivity index is 0.00000320. The Labute approximate surface area is 206 Å². The number of pyridine rings is 1. The number of likely N-dealkylation sites (N-methyl/N-ethyl adjacent to an activating group) is 1. The lowest BCUT2D eigenvalue weighted by molar-refractivity contribution is 0.270. The lowest BCUT2D eigenvalue weighted by atomic mass is 10.2. The van der Waals surface area contributed by atoms with Gasteiger partial charge in [-0.05, 0) is 41.9 Å². The maximum atomic E-state index is 6.24. The molecule has 164 valence electrons. The molecule has 0 unspecified atom stereocenters. The molecule has 1 aromatic heterocycles. The minimum absolute atomic E-state index is 0. The SMILES string of the molecule is CCN1CCN(c2cc(CNC(=NC)NCc3ccc(Cl)cc3Cl)ccn2)CC1.I. The highest BCUT2D eigenvalue weighted by Gasteiger charge is 2.16. The first-order valence-corrected chi connectivity index (χ1v) is 10.6. The molecule has 0 spiro atoms. The van der Waals surface area contributed by atoms with E-state index in [-0.39, 0.29) is 24.0 Å². The molecule has 1 fully saturated rings. The molecule has 1 aromatic carbocycles. The summed E-state index contributed by atoms with van der Waals surface area (Å²) in [6.45, 7) is 8.76. The van der Waals surface area contributed by atoms with Crippen LogP contribution in [-0.4, -0.2) is 55.6 Å². The van der Waals surface area contributed by atoms with E-state index in [2.05, 4.69) is 43.4 Å². The van der Waals surface area contributed by atoms with Crippen LogP contribution in [0, 0.1) is 0 Å². The van der Waals surface area contributed by atoms with Crippen molar-refractivity contribution in [3.05, 3.63) is 57.7 Å². The molecular weight excluding hydrogens is 534 g/mol. The molecule has 0 saturated carbocycles. The van der Waals surface area contributed by atoms with E-state index >= 15 is 0 Å². The van der Waals surface area contributed by atoms with Crippen molar-refractivity contribution in [3.63, 3.8) is 0 Å². The second-order valence-electron chi connectivity index (χ2n) is 6.96. The van der Waals surface area contributed by atoms with Crippen LogP contribution in [0.15, 0.2) is 41.5 Å². The van der Waals surface area contributed by atoms with Gasteiger partial charge in [0.1, 0.15) is 5.82 Å². The van der Waals surface area contributed by atoms with Crippen LogP contribution in [0.1, 0.15) is 18.1 Å². The third kappa shape index (κ3) is 7.14. The summed E-state index contributed by atoms with van der Waals surface area (Å²) in [5.41, 5.74) is 2.14. The first-order valence-electron chi connectivity index (χ1n) is 9.89. The minimum atomic E-state index is 0. The Hall–Kier alpha value is -1.29. The van der Waals surface area contributed by atoms with Gasteiger partial charge in [0.15, 0.2) is 5.96 Å². The molecule has 2 N–H and O–H groups in total. The van der Waals surface area contributed by atoms with Crippen LogP contribution in [0.2, 0.25) is 10.0 Å². The summed E-state index contributed by atoms with van der Waals surface area (Å²) in [6, 6.07) is 9.67. The molecule has 1 aliphatic heterocycles. The van der Waals surface area contributed by atoms with Crippen LogP contribution < -0.4 is 15.5 Å². The summed E-state index contributed by atoms with van der Waals surface area (Å²) in [5, 5.41) is 7.91. The van der Waals surface area contributed by atoms with Gasteiger partial charge in [0, 0.05) is 62.6 Å². The van der Waals surface area contributed by atoms with Gasteiger partial charge < -0.3 is 20.4 Å². The van der Waals surface area contributed by atoms with Gasteiger partial charge in [0.25, 0.3) is 0 Å². The van der Waals surface area contributed by atoms with Gasteiger partial charge in [-0.25, -0.2) is 4.98 Å². The Kier molecular flexibility index (Phi) is 10.4. The zero-order chi connectivity index (χ0) is 20.6. The number of guanidine groups is 1. The van der Waals surface area contributed by atoms with Crippen molar-refractivity contribution in [2.45, 2.75) is 20.0 Å². The molecule has 6 nitrogen and oxygen atoms in total. The highest BCUT2D eigenvalue weighted by molar-refractivity contribution is 14.0. The molecule has 0 atom stereocenters. The van der Waals surface area contributed by atoms with Crippen LogP contribution >= 0.6 is 47.2 Å². The number of anilines is 1. The molecule has 2 heterocycles. The molecule has 0 amide bonds. The number of nitrogens with zero attached hydrogens (tertiary/aromatic N) is 4. The monoisotopic (exact) mass is 562 g/mol. The molecule has 3 rings (SSSR count). The molecule has 0 bridgehead atoms. The van der Waals surface area contributed by atoms with Crippen molar-refractivity contribution in [2.24, 2.45) is 4.99 Å². The van der Waals surface area contributed by atoms with Gasteiger partial charge in [0.2, 0.25) is 0 Å². The zero-order valence-corrected chi connectivity index (χ0v) is 21.2. The highest BCUT2D eigenvalue weighted by Crippen LogP contribution is 2.20. The average Bonchev–Trinajstić information content (AvgIpc) is 2.75. The first kappa shape index (κ1) is 25.0. The second-order valence-corrected chi connectivity index (χ2v) is 7.80. The summed E-state index contributed by atoms with van der Waals surface area (Å²) in [4.78, 5) is 13.7. The van der Waals surface area contributed by atoms with Crippen LogP contribution in [0.5, 0.6) is 0 Å². The third-order valence-corrected chi connectivity index (χ3v) is 5.69. The second kappa shape index (κ2) is 12.5. The van der Waals surface area contributed by atoms with E-state index in [9.17, 15) is 0 Å². The van der Waals surface area contributed by atoms with Gasteiger partial charge in [-0.15, -0.1) is 24.0 Å². The quantitative estimate of drug-likeness (QED) is 0.316. The maximum absolute atomic E-state index is 6.24. The molecule has 1 aliphatic rings. The fraction of sp³-hybridized carbons (Fsp3) is 0.429. The van der Waals surface area contributed by atoms with Gasteiger partial charge in [-0.1, -0.05) is 36.2 Å². The predicted molar refractivity (Wildman–Crippen MR) is 137 cm³/mol. The zero-order valence-electron chi connectivity index (χ0n) is 17.4. The van der Waals surface area contributed by atoms with Crippen LogP contribution in [0.25, 0.3) is 0 Å². The average molecular weight is 563 g/mol. The van der Waals surface area contributed by atoms with Crippen molar-refractivity contribution in [1.82, 2.24) is 20.5 Å². The van der Waals surface area contributed by atoms with Crippen molar-refractivity contribution in [1.29, 1.82) is 0 Å². The lowest BCUT2D eigenvalue weighted by Crippen LogP contribution is -2.46. The van der Waals surface area contributed by atoms with Gasteiger partial charge >= 0.3 is 0 Å². The highest BCUT2D eigenvalue weighted by atomic mass is 127. The number of aliphatic imine (C=N–C) groups is 1. The van der Waals surface area contributed by atoms with Crippen molar-refractivity contribution in [3.8, 4) is 0 Å². The van der Waals surface area contributed by atoms with Crippen LogP contribution in [0.4, 0.5) is 5.82 Å². The largest absolute Gasteiger partial charge is 0.354 e. The first-order chi connectivity index (χ1) is 14.1. The number of benzene rings is 1. The van der Waals surface area contributed by atoms with E-state index in [1.54, 1.807) is 13.1 Å². The maximum Gasteiger partial charge on any atom is 0.191 e. The van der Waals surface area contributed by atoms with E-state index in [1.807, 2.05) is 24.4 Å². The van der Waals surface area contributed by atoms with E-state index in [0.29, 0.717) is 29.1 Å². The standard InChI is InChI=1S/C21H28Cl2N6.HI/c1-3-28-8-10-29(11-9-28)20-12-16(6-7-25-20)14-26-21(24-2)27-15-17-4-5-18(22)13-19(17)23;/h4-7,12-13H,3,8-11,14-15H2,1-2H3,(H2,24,26,27);1H. The number of rotatable bonds is 6. The Morgan fingerprint density at radius 1 is 1.07 bits per heavy atom. The lowest BCUT2D eigenvalue weighted by Gasteiger charge is -2.34. The smallest absolute Gasteiger partial charge is 0.191 e. The third-order valence-electron chi connectivity index (χ3n) is 5.10. The van der Waals surface area contributed by atoms with E-state index in [0.717, 1.165) is 44.1 Å². The minimum Gasteiger partial charge on any atom is -0.354 e. The molecular formula is C21H29Cl2IN6. The Morgan fingerprint density at radius 3 is 2.47 bits per heavy atom. The molecule has 0 aliphatic carbocycles. The van der Waals surface area contributed by atoms with E-state index in [4.69, 9.17) is 23.2 Å². The van der Waals surface area contributed by atoms with Crippen molar-refractivity contribution < 1.29 is 0 Å². The molecule has 30 heavy (non-hydrogen) atoms. The molecule has 2 aromatic rings. The topological polar surface area (TPSA) is 55.8 Å². The Morgan fingerprint density at radius 2 is 1.80 bits per heavy atom. The Bertz CT molecular complexity index is 840. The normalized spacial score (nSPS) is 14.9. The van der Waals surface area contributed by atoms with Crippen molar-refractivity contribution >= 4 is 59.0 Å². The summed E-state index contributed by atoms with van der Waals surface area (Å²) in [5.74, 6) is 1.75. The molecule has 1 saturated heterocycles. The van der Waals surface area contributed by atoms with E-state index in [1.165, 1.54) is 5.56 Å².